The second-order valence-corrected chi connectivity index (χ2v) is 8.72. The zero-order valence-corrected chi connectivity index (χ0v) is 15.3. The van der Waals surface area contributed by atoms with E-state index >= 15 is 0 Å². The number of rotatable bonds is 6. The summed E-state index contributed by atoms with van der Waals surface area (Å²) >= 11 is 0. The van der Waals surface area contributed by atoms with Gasteiger partial charge in [-0.25, -0.2) is 8.42 Å². The van der Waals surface area contributed by atoms with Gasteiger partial charge in [0.1, 0.15) is 0 Å². The van der Waals surface area contributed by atoms with Gasteiger partial charge in [-0.3, -0.25) is 4.90 Å². The minimum atomic E-state index is -3.49. The average Bonchev–Trinajstić information content (AvgIpc) is 3.01. The van der Waals surface area contributed by atoms with E-state index in [2.05, 4.69) is 4.90 Å². The van der Waals surface area contributed by atoms with E-state index in [0.717, 1.165) is 37.2 Å². The molecule has 6 heteroatoms. The molecular formula is C19H25N3O2S. The third-order valence-electron chi connectivity index (χ3n) is 4.59. The van der Waals surface area contributed by atoms with Crippen LogP contribution in [-0.2, 0) is 23.1 Å². The molecule has 1 heterocycles. The fourth-order valence-corrected chi connectivity index (χ4v) is 4.30. The van der Waals surface area contributed by atoms with E-state index in [1.165, 1.54) is 4.31 Å². The smallest absolute Gasteiger partial charge is 0.243 e. The summed E-state index contributed by atoms with van der Waals surface area (Å²) < 4.78 is 26.9. The van der Waals surface area contributed by atoms with Crippen LogP contribution in [0.15, 0.2) is 59.5 Å². The fraction of sp³-hybridized carbons (Fsp3) is 0.368. The van der Waals surface area contributed by atoms with Crippen LogP contribution in [0.2, 0.25) is 0 Å². The van der Waals surface area contributed by atoms with Crippen molar-refractivity contribution in [1.82, 2.24) is 9.21 Å². The van der Waals surface area contributed by atoms with E-state index in [4.69, 9.17) is 5.73 Å². The summed E-state index contributed by atoms with van der Waals surface area (Å²) in [6.45, 7) is 3.07. The number of benzene rings is 2. The topological polar surface area (TPSA) is 66.6 Å². The lowest BCUT2D eigenvalue weighted by Gasteiger charge is -2.18. The highest BCUT2D eigenvalue weighted by Gasteiger charge is 2.22. The molecular weight excluding hydrogens is 334 g/mol. The zero-order chi connectivity index (χ0) is 17.9. The van der Waals surface area contributed by atoms with E-state index in [1.54, 1.807) is 19.2 Å². The van der Waals surface area contributed by atoms with Gasteiger partial charge in [-0.2, -0.15) is 4.31 Å². The van der Waals surface area contributed by atoms with Gasteiger partial charge in [0, 0.05) is 39.3 Å². The third-order valence-corrected chi connectivity index (χ3v) is 6.41. The van der Waals surface area contributed by atoms with Crippen molar-refractivity contribution in [3.8, 4) is 0 Å². The molecule has 0 aromatic heterocycles. The summed E-state index contributed by atoms with van der Waals surface area (Å²) in [5, 5.41) is 0. The van der Waals surface area contributed by atoms with Crippen molar-refractivity contribution in [1.29, 1.82) is 0 Å². The maximum atomic E-state index is 12.7. The Kier molecular flexibility index (Phi) is 5.54. The number of likely N-dealkylation sites (tertiary alicyclic amines) is 1. The van der Waals surface area contributed by atoms with Crippen molar-refractivity contribution in [2.75, 3.05) is 20.1 Å². The monoisotopic (exact) mass is 359 g/mol. The molecule has 1 atom stereocenters. The van der Waals surface area contributed by atoms with Gasteiger partial charge in [-0.1, -0.05) is 42.5 Å². The van der Waals surface area contributed by atoms with Gasteiger partial charge in [0.25, 0.3) is 0 Å². The van der Waals surface area contributed by atoms with Gasteiger partial charge in [-0.05, 0) is 29.7 Å². The molecule has 2 N–H and O–H groups in total. The lowest BCUT2D eigenvalue weighted by atomic mass is 10.2. The van der Waals surface area contributed by atoms with Gasteiger partial charge in [-0.15, -0.1) is 0 Å². The maximum absolute atomic E-state index is 12.7. The SMILES string of the molecule is CN(Cc1ccccc1)S(=O)(=O)c1ccc(CN2CC[C@H](N)C2)cc1. The second-order valence-electron chi connectivity index (χ2n) is 6.67. The fourth-order valence-electron chi connectivity index (χ4n) is 3.14. The molecule has 1 fully saturated rings. The highest BCUT2D eigenvalue weighted by molar-refractivity contribution is 7.89. The molecule has 0 unspecified atom stereocenters. The van der Waals surface area contributed by atoms with Crippen molar-refractivity contribution >= 4 is 10.0 Å². The van der Waals surface area contributed by atoms with E-state index < -0.39 is 10.0 Å². The number of sulfonamides is 1. The Labute approximate surface area is 150 Å². The Morgan fingerprint density at radius 2 is 1.76 bits per heavy atom. The highest BCUT2D eigenvalue weighted by atomic mass is 32.2. The predicted octanol–water partition coefficient (Wildman–Crippen LogP) is 2.04. The van der Waals surface area contributed by atoms with Crippen LogP contribution in [0.4, 0.5) is 0 Å². The van der Waals surface area contributed by atoms with Crippen LogP contribution in [-0.4, -0.2) is 43.8 Å². The molecule has 25 heavy (non-hydrogen) atoms. The molecule has 134 valence electrons. The first-order valence-corrected chi connectivity index (χ1v) is 9.96. The number of hydrogen-bond acceptors (Lipinski definition) is 4. The normalized spacial score (nSPS) is 18.8. The van der Waals surface area contributed by atoms with Crippen molar-refractivity contribution in [3.05, 3.63) is 65.7 Å². The molecule has 0 saturated carbocycles. The molecule has 3 rings (SSSR count). The number of nitrogens with zero attached hydrogens (tertiary/aromatic N) is 2. The van der Waals surface area contributed by atoms with Gasteiger partial charge < -0.3 is 5.73 Å². The molecule has 0 aliphatic carbocycles. The molecule has 1 aliphatic heterocycles. The average molecular weight is 359 g/mol. The standard InChI is InChI=1S/C19H25N3O2S/c1-21(13-16-5-3-2-4-6-16)25(23,24)19-9-7-17(8-10-19)14-22-12-11-18(20)15-22/h2-10,18H,11-15,20H2,1H3/t18-/m0/s1. The first-order chi connectivity index (χ1) is 11.9. The lowest BCUT2D eigenvalue weighted by Crippen LogP contribution is -2.27. The minimum Gasteiger partial charge on any atom is -0.326 e. The van der Waals surface area contributed by atoms with Gasteiger partial charge in [0.15, 0.2) is 0 Å². The molecule has 2 aromatic carbocycles. The molecule has 1 aliphatic rings. The molecule has 1 saturated heterocycles. The van der Waals surface area contributed by atoms with E-state index in [9.17, 15) is 8.42 Å². The summed E-state index contributed by atoms with van der Waals surface area (Å²) in [5.74, 6) is 0. The highest BCUT2D eigenvalue weighted by Crippen LogP contribution is 2.19. The molecule has 0 spiro atoms. The Bertz CT molecular complexity index is 791. The quantitative estimate of drug-likeness (QED) is 0.857. The van der Waals surface area contributed by atoms with Gasteiger partial charge in [0.05, 0.1) is 4.90 Å². The third kappa shape index (κ3) is 4.46. The summed E-state index contributed by atoms with van der Waals surface area (Å²) in [5.41, 5.74) is 8.01. The van der Waals surface area contributed by atoms with Gasteiger partial charge >= 0.3 is 0 Å². The second kappa shape index (κ2) is 7.66. The van der Waals surface area contributed by atoms with Crippen LogP contribution in [0.25, 0.3) is 0 Å². The summed E-state index contributed by atoms with van der Waals surface area (Å²) in [6, 6.07) is 17.0. The van der Waals surface area contributed by atoms with Crippen LogP contribution in [0.5, 0.6) is 0 Å². The number of nitrogens with two attached hydrogens (primary N) is 1. The zero-order valence-electron chi connectivity index (χ0n) is 14.5. The minimum absolute atomic E-state index is 0.256. The molecule has 0 radical (unpaired) electrons. The Balaban J connectivity index is 1.67. The van der Waals surface area contributed by atoms with E-state index in [0.29, 0.717) is 11.4 Å². The van der Waals surface area contributed by atoms with Crippen LogP contribution in [0.3, 0.4) is 0 Å². The van der Waals surface area contributed by atoms with E-state index in [-0.39, 0.29) is 6.04 Å². The Hall–Kier alpha value is -1.73. The lowest BCUT2D eigenvalue weighted by molar-refractivity contribution is 0.327. The summed E-state index contributed by atoms with van der Waals surface area (Å²) in [4.78, 5) is 2.63. The Morgan fingerprint density at radius 3 is 2.36 bits per heavy atom. The van der Waals surface area contributed by atoms with Crippen LogP contribution in [0, 0.1) is 0 Å². The molecule has 5 nitrogen and oxygen atoms in total. The van der Waals surface area contributed by atoms with Gasteiger partial charge in [0.2, 0.25) is 10.0 Å². The molecule has 2 aromatic rings. The van der Waals surface area contributed by atoms with Crippen LogP contribution in [0.1, 0.15) is 17.5 Å². The largest absolute Gasteiger partial charge is 0.326 e. The van der Waals surface area contributed by atoms with Crippen LogP contribution >= 0.6 is 0 Å². The van der Waals surface area contributed by atoms with Crippen molar-refractivity contribution < 1.29 is 8.42 Å². The number of hydrogen-bond donors (Lipinski definition) is 1. The molecule has 0 amide bonds. The predicted molar refractivity (Wildman–Crippen MR) is 99.4 cm³/mol. The first-order valence-electron chi connectivity index (χ1n) is 8.52. The van der Waals surface area contributed by atoms with Crippen molar-refractivity contribution in [3.63, 3.8) is 0 Å². The first kappa shape index (κ1) is 18.1. The Morgan fingerprint density at radius 1 is 1.08 bits per heavy atom. The van der Waals surface area contributed by atoms with E-state index in [1.807, 2.05) is 42.5 Å². The molecule has 0 bridgehead atoms. The van der Waals surface area contributed by atoms with Crippen LogP contribution < -0.4 is 5.73 Å². The maximum Gasteiger partial charge on any atom is 0.243 e. The van der Waals surface area contributed by atoms with Crippen molar-refractivity contribution in [2.24, 2.45) is 5.73 Å². The summed E-state index contributed by atoms with van der Waals surface area (Å²) in [7, 11) is -1.88. The summed E-state index contributed by atoms with van der Waals surface area (Å²) in [6.07, 6.45) is 1.02. The van der Waals surface area contributed by atoms with Crippen molar-refractivity contribution in [2.45, 2.75) is 30.4 Å².